The van der Waals surface area contributed by atoms with E-state index in [-0.39, 0.29) is 6.61 Å². The van der Waals surface area contributed by atoms with Crippen LogP contribution in [0.3, 0.4) is 0 Å². The lowest BCUT2D eigenvalue weighted by Gasteiger charge is -2.33. The average molecular weight is 351 g/mol. The molecule has 0 aromatic carbocycles. The molecule has 10 nitrogen and oxygen atoms in total. The Kier molecular flexibility index (Phi) is 8.74. The minimum Gasteiger partial charge on any atom is -0.368 e. The summed E-state index contributed by atoms with van der Waals surface area (Å²) in [7, 11) is -6.09. The van der Waals surface area contributed by atoms with Gasteiger partial charge in [-0.25, -0.2) is 0 Å². The Bertz CT molecular complexity index is 252. The molecule has 122 valence electrons. The predicted molar refractivity (Wildman–Crippen MR) is 70.5 cm³/mol. The Morgan fingerprint density at radius 2 is 1.05 bits per heavy atom. The van der Waals surface area contributed by atoms with Gasteiger partial charge in [0.05, 0.1) is 0 Å². The minimum atomic E-state index is -4.03. The molecule has 0 aromatic heterocycles. The van der Waals surface area contributed by atoms with Crippen molar-refractivity contribution in [2.45, 2.75) is 6.92 Å². The second-order valence-corrected chi connectivity index (χ2v) is 10.3. The van der Waals surface area contributed by atoms with Crippen LogP contribution in [0.2, 0.25) is 0 Å². The fourth-order valence-electron chi connectivity index (χ4n) is 1.05. The molecule has 0 bridgehead atoms. The molecule has 0 radical (unpaired) electrons. The summed E-state index contributed by atoms with van der Waals surface area (Å²) in [5, 5.41) is 0. The summed E-state index contributed by atoms with van der Waals surface area (Å²) in [6.45, 7) is 1.77. The quantitative estimate of drug-likeness (QED) is 0.430. The molecule has 0 heterocycles. The SMILES string of the molecule is CCO[Si](OC)(O[Si](O)(OC)OC)O[Si](O)(OC)OC. The summed E-state index contributed by atoms with van der Waals surface area (Å²) in [5.74, 6) is 0. The summed E-state index contributed by atoms with van der Waals surface area (Å²) in [6, 6.07) is 0. The van der Waals surface area contributed by atoms with E-state index in [4.69, 9.17) is 34.8 Å². The van der Waals surface area contributed by atoms with Gasteiger partial charge >= 0.3 is 27.1 Å². The van der Waals surface area contributed by atoms with Gasteiger partial charge in [-0.1, -0.05) is 0 Å². The first-order valence-electron chi connectivity index (χ1n) is 5.53. The van der Waals surface area contributed by atoms with Crippen LogP contribution in [0, 0.1) is 0 Å². The molecule has 0 fully saturated rings. The van der Waals surface area contributed by atoms with Crippen LogP contribution in [0.5, 0.6) is 0 Å². The third-order valence-electron chi connectivity index (χ3n) is 2.11. The van der Waals surface area contributed by atoms with Crippen LogP contribution in [-0.4, -0.2) is 78.9 Å². The van der Waals surface area contributed by atoms with E-state index in [1.807, 2.05) is 0 Å². The maximum Gasteiger partial charge on any atom is 0.670 e. The highest BCUT2D eigenvalue weighted by atomic mass is 28.5. The first-order valence-corrected chi connectivity index (χ1v) is 10.5. The van der Waals surface area contributed by atoms with Crippen LogP contribution in [-0.2, 0) is 34.8 Å². The highest BCUT2D eigenvalue weighted by Gasteiger charge is 2.62. The lowest BCUT2D eigenvalue weighted by molar-refractivity contribution is -0.0415. The van der Waals surface area contributed by atoms with Crippen LogP contribution in [0.4, 0.5) is 0 Å². The van der Waals surface area contributed by atoms with Crippen LogP contribution in [0.25, 0.3) is 0 Å². The van der Waals surface area contributed by atoms with Gasteiger partial charge < -0.3 is 44.4 Å². The lowest BCUT2D eigenvalue weighted by Crippen LogP contribution is -2.65. The van der Waals surface area contributed by atoms with Crippen molar-refractivity contribution in [1.82, 2.24) is 0 Å². The van der Waals surface area contributed by atoms with Crippen LogP contribution >= 0.6 is 0 Å². The van der Waals surface area contributed by atoms with Crippen molar-refractivity contribution in [2.24, 2.45) is 0 Å². The summed E-state index contributed by atoms with van der Waals surface area (Å²) in [4.78, 5) is 20.0. The molecule has 0 spiro atoms. The molecule has 2 N–H and O–H groups in total. The highest BCUT2D eigenvalue weighted by molar-refractivity contribution is 6.73. The van der Waals surface area contributed by atoms with E-state index >= 15 is 0 Å². The summed E-state index contributed by atoms with van der Waals surface area (Å²) >= 11 is 0. The second kappa shape index (κ2) is 8.63. The third-order valence-corrected chi connectivity index (χ3v) is 9.38. The van der Waals surface area contributed by atoms with Crippen molar-refractivity contribution in [1.29, 1.82) is 0 Å². The number of hydrogen-bond donors (Lipinski definition) is 2. The van der Waals surface area contributed by atoms with Gasteiger partial charge in [-0.3, -0.25) is 0 Å². The van der Waals surface area contributed by atoms with Crippen LogP contribution in [0.15, 0.2) is 0 Å². The first-order chi connectivity index (χ1) is 9.28. The Morgan fingerprint density at radius 1 is 0.700 bits per heavy atom. The van der Waals surface area contributed by atoms with Crippen LogP contribution < -0.4 is 0 Å². The molecule has 0 aromatic rings. The van der Waals surface area contributed by atoms with E-state index in [0.29, 0.717) is 0 Å². The van der Waals surface area contributed by atoms with E-state index in [1.165, 1.54) is 35.5 Å². The fourth-order valence-corrected chi connectivity index (χ4v) is 7.39. The minimum absolute atomic E-state index is 0.121. The lowest BCUT2D eigenvalue weighted by atomic mass is 10.9. The number of rotatable bonds is 11. The van der Waals surface area contributed by atoms with E-state index in [2.05, 4.69) is 0 Å². The zero-order valence-electron chi connectivity index (χ0n) is 12.4. The largest absolute Gasteiger partial charge is 0.670 e. The molecular weight excluding hydrogens is 328 g/mol. The molecule has 0 rings (SSSR count). The zero-order valence-corrected chi connectivity index (χ0v) is 15.4. The van der Waals surface area contributed by atoms with Crippen LogP contribution in [0.1, 0.15) is 6.92 Å². The summed E-state index contributed by atoms with van der Waals surface area (Å²) in [5.41, 5.74) is 0. The van der Waals surface area contributed by atoms with Gasteiger partial charge in [0.2, 0.25) is 0 Å². The zero-order chi connectivity index (χ0) is 15.9. The maximum absolute atomic E-state index is 9.98. The predicted octanol–water partition coefficient (Wildman–Crippen LogP) is -1.42. The third kappa shape index (κ3) is 5.56. The van der Waals surface area contributed by atoms with Crippen molar-refractivity contribution in [3.63, 3.8) is 0 Å². The molecule has 0 aliphatic carbocycles. The number of hydrogen-bond acceptors (Lipinski definition) is 10. The van der Waals surface area contributed by atoms with E-state index in [9.17, 15) is 9.59 Å². The highest BCUT2D eigenvalue weighted by Crippen LogP contribution is 2.21. The molecule has 0 unspecified atom stereocenters. The Labute approximate surface area is 121 Å². The smallest absolute Gasteiger partial charge is 0.368 e. The average Bonchev–Trinajstić information content (AvgIpc) is 2.47. The van der Waals surface area contributed by atoms with E-state index < -0.39 is 27.1 Å². The maximum atomic E-state index is 9.98. The molecule has 0 aliphatic heterocycles. The molecule has 0 amide bonds. The second-order valence-electron chi connectivity index (χ2n) is 3.21. The normalized spacial score (nSPS) is 13.8. The van der Waals surface area contributed by atoms with Gasteiger partial charge in [-0.15, -0.1) is 0 Å². The van der Waals surface area contributed by atoms with Crippen molar-refractivity contribution in [3.05, 3.63) is 0 Å². The first kappa shape index (κ1) is 20.3. The van der Waals surface area contributed by atoms with Gasteiger partial charge in [-0.05, 0) is 6.92 Å². The van der Waals surface area contributed by atoms with Crippen molar-refractivity contribution >= 4 is 27.1 Å². The molecule has 0 aliphatic rings. The van der Waals surface area contributed by atoms with E-state index in [0.717, 1.165) is 0 Å². The van der Waals surface area contributed by atoms with Gasteiger partial charge in [0.15, 0.2) is 0 Å². The van der Waals surface area contributed by atoms with Crippen molar-refractivity contribution in [3.8, 4) is 0 Å². The van der Waals surface area contributed by atoms with E-state index in [1.54, 1.807) is 6.92 Å². The summed E-state index contributed by atoms with van der Waals surface area (Å²) < 4.78 is 39.9. The van der Waals surface area contributed by atoms with Gasteiger partial charge in [0.25, 0.3) is 0 Å². The van der Waals surface area contributed by atoms with Gasteiger partial charge in [0.1, 0.15) is 0 Å². The monoisotopic (exact) mass is 350 g/mol. The van der Waals surface area contributed by atoms with Gasteiger partial charge in [0, 0.05) is 42.2 Å². The standard InChI is InChI=1S/C7H22O10Si3/c1-7-15-20(14-6,16-18(8,10-2)11-3)17-19(9,12-4)13-5/h8-9H,7H2,1-6H3. The fraction of sp³-hybridized carbons (Fsp3) is 1.00. The topological polar surface area (TPSA) is 114 Å². The van der Waals surface area contributed by atoms with Gasteiger partial charge in [-0.2, -0.15) is 0 Å². The Balaban J connectivity index is 5.28. The molecule has 0 atom stereocenters. The Morgan fingerprint density at radius 3 is 1.25 bits per heavy atom. The molecule has 0 saturated carbocycles. The molecule has 13 heteroatoms. The summed E-state index contributed by atoms with van der Waals surface area (Å²) in [6.07, 6.45) is 0. The Hall–Kier alpha value is 0.251. The van der Waals surface area contributed by atoms with Crippen molar-refractivity contribution < 1.29 is 44.4 Å². The van der Waals surface area contributed by atoms with Crippen molar-refractivity contribution in [2.75, 3.05) is 42.2 Å². The molecular formula is C7H22O10Si3. The molecule has 20 heavy (non-hydrogen) atoms. The molecule has 0 saturated heterocycles.